The van der Waals surface area contributed by atoms with Gasteiger partial charge >= 0.3 is 0 Å². The fourth-order valence-corrected chi connectivity index (χ4v) is 6.63. The molecular formula is C46H31N5. The molecule has 9 aromatic rings. The number of fused-ring (bicyclic) bond motifs is 3. The number of aromatic nitrogens is 5. The Morgan fingerprint density at radius 3 is 1.51 bits per heavy atom. The van der Waals surface area contributed by atoms with Crippen molar-refractivity contribution in [2.75, 3.05) is 0 Å². The zero-order valence-electron chi connectivity index (χ0n) is 27.9. The van der Waals surface area contributed by atoms with Crippen molar-refractivity contribution in [2.24, 2.45) is 0 Å². The summed E-state index contributed by atoms with van der Waals surface area (Å²) in [5.41, 5.74) is 12.1. The number of hydrogen-bond acceptors (Lipinski definition) is 5. The van der Waals surface area contributed by atoms with E-state index in [4.69, 9.17) is 24.9 Å². The predicted octanol–water partition coefficient (Wildman–Crippen LogP) is 11.3. The Bertz CT molecular complexity index is 2620. The maximum Gasteiger partial charge on any atom is 0.164 e. The topological polar surface area (TPSA) is 64.5 Å². The Balaban J connectivity index is 1.07. The smallest absolute Gasteiger partial charge is 0.164 e. The van der Waals surface area contributed by atoms with Gasteiger partial charge in [-0.05, 0) is 47.4 Å². The van der Waals surface area contributed by atoms with Crippen molar-refractivity contribution in [2.45, 2.75) is 6.92 Å². The molecule has 51 heavy (non-hydrogen) atoms. The van der Waals surface area contributed by atoms with Crippen molar-refractivity contribution in [1.82, 2.24) is 24.9 Å². The molecule has 3 heterocycles. The summed E-state index contributed by atoms with van der Waals surface area (Å²) in [7, 11) is 0. The first-order chi connectivity index (χ1) is 25.2. The molecule has 0 fully saturated rings. The van der Waals surface area contributed by atoms with E-state index in [1.807, 2.05) is 73.7 Å². The first kappa shape index (κ1) is 30.2. The SMILES string of the molecule is Cc1cc(-c2ccccc2)c2ccc3ccc(-c4ccc(-c5cccc(-c6nc(-c7ccccc7)nc(-c7ccccc7)n6)c5)cc4)nc3c2n1. The molecule has 0 saturated heterocycles. The molecule has 9 rings (SSSR count). The molecular weight excluding hydrogens is 623 g/mol. The van der Waals surface area contributed by atoms with Crippen LogP contribution < -0.4 is 0 Å². The first-order valence-electron chi connectivity index (χ1n) is 17.0. The largest absolute Gasteiger partial charge is 0.251 e. The van der Waals surface area contributed by atoms with Gasteiger partial charge in [-0.2, -0.15) is 0 Å². The van der Waals surface area contributed by atoms with E-state index >= 15 is 0 Å². The molecule has 0 aliphatic rings. The Labute approximate surface area is 296 Å². The van der Waals surface area contributed by atoms with Gasteiger partial charge in [0.05, 0.1) is 16.7 Å². The monoisotopic (exact) mass is 653 g/mol. The summed E-state index contributed by atoms with van der Waals surface area (Å²) in [4.78, 5) is 24.9. The lowest BCUT2D eigenvalue weighted by molar-refractivity contribution is 1.07. The van der Waals surface area contributed by atoms with E-state index in [9.17, 15) is 0 Å². The highest BCUT2D eigenvalue weighted by Crippen LogP contribution is 2.34. The molecule has 0 radical (unpaired) electrons. The molecule has 0 aliphatic heterocycles. The molecule has 0 atom stereocenters. The van der Waals surface area contributed by atoms with Crippen LogP contribution in [0.5, 0.6) is 0 Å². The second-order valence-electron chi connectivity index (χ2n) is 12.6. The van der Waals surface area contributed by atoms with Crippen molar-refractivity contribution < 1.29 is 0 Å². The molecule has 0 spiro atoms. The average molecular weight is 654 g/mol. The van der Waals surface area contributed by atoms with Crippen LogP contribution in [0.1, 0.15) is 5.69 Å². The molecule has 6 aromatic carbocycles. The first-order valence-corrected chi connectivity index (χ1v) is 17.0. The summed E-state index contributed by atoms with van der Waals surface area (Å²) in [5.74, 6) is 1.92. The van der Waals surface area contributed by atoms with E-state index in [1.165, 1.54) is 11.1 Å². The highest BCUT2D eigenvalue weighted by molar-refractivity contribution is 6.08. The number of nitrogens with zero attached hydrogens (tertiary/aromatic N) is 5. The van der Waals surface area contributed by atoms with Crippen molar-refractivity contribution in [1.29, 1.82) is 0 Å². The van der Waals surface area contributed by atoms with Crippen LogP contribution in [0.25, 0.3) is 89.5 Å². The zero-order valence-corrected chi connectivity index (χ0v) is 27.9. The van der Waals surface area contributed by atoms with Crippen LogP contribution in [0, 0.1) is 6.92 Å². The maximum atomic E-state index is 5.19. The van der Waals surface area contributed by atoms with E-state index < -0.39 is 0 Å². The third-order valence-corrected chi connectivity index (χ3v) is 9.19. The summed E-state index contributed by atoms with van der Waals surface area (Å²) in [6.07, 6.45) is 0. The van der Waals surface area contributed by atoms with Gasteiger partial charge in [0.1, 0.15) is 0 Å². The fourth-order valence-electron chi connectivity index (χ4n) is 6.63. The molecule has 0 saturated carbocycles. The van der Waals surface area contributed by atoms with Gasteiger partial charge in [-0.25, -0.2) is 19.9 Å². The maximum absolute atomic E-state index is 5.19. The summed E-state index contributed by atoms with van der Waals surface area (Å²) in [5, 5.41) is 2.17. The van der Waals surface area contributed by atoms with Crippen LogP contribution in [-0.4, -0.2) is 24.9 Å². The minimum Gasteiger partial charge on any atom is -0.251 e. The zero-order chi connectivity index (χ0) is 34.1. The van der Waals surface area contributed by atoms with E-state index in [0.29, 0.717) is 17.5 Å². The van der Waals surface area contributed by atoms with E-state index in [2.05, 4.69) is 103 Å². The van der Waals surface area contributed by atoms with Gasteiger partial charge in [0.2, 0.25) is 0 Å². The lowest BCUT2D eigenvalue weighted by Crippen LogP contribution is -2.00. The van der Waals surface area contributed by atoms with Crippen molar-refractivity contribution in [3.05, 3.63) is 176 Å². The minimum absolute atomic E-state index is 0.632. The van der Waals surface area contributed by atoms with Gasteiger partial charge in [-0.3, -0.25) is 4.98 Å². The van der Waals surface area contributed by atoms with Gasteiger partial charge in [-0.1, -0.05) is 152 Å². The summed E-state index contributed by atoms with van der Waals surface area (Å²) >= 11 is 0. The molecule has 0 unspecified atom stereocenters. The van der Waals surface area contributed by atoms with E-state index in [1.54, 1.807) is 0 Å². The van der Waals surface area contributed by atoms with Crippen LogP contribution >= 0.6 is 0 Å². The third kappa shape index (κ3) is 5.91. The molecule has 240 valence electrons. The fraction of sp³-hybridized carbons (Fsp3) is 0.0217. The van der Waals surface area contributed by atoms with Crippen molar-refractivity contribution in [3.8, 4) is 67.7 Å². The summed E-state index contributed by atoms with van der Waals surface area (Å²) in [6.45, 7) is 2.05. The molecule has 5 heteroatoms. The average Bonchev–Trinajstić information content (AvgIpc) is 3.21. The lowest BCUT2D eigenvalue weighted by atomic mass is 9.98. The van der Waals surface area contributed by atoms with Crippen LogP contribution in [-0.2, 0) is 0 Å². The van der Waals surface area contributed by atoms with E-state index in [0.717, 1.165) is 66.6 Å². The van der Waals surface area contributed by atoms with Gasteiger partial charge in [0.15, 0.2) is 17.5 Å². The van der Waals surface area contributed by atoms with E-state index in [-0.39, 0.29) is 0 Å². The Kier molecular flexibility index (Phi) is 7.63. The van der Waals surface area contributed by atoms with Crippen molar-refractivity contribution in [3.63, 3.8) is 0 Å². The lowest BCUT2D eigenvalue weighted by Gasteiger charge is -2.12. The Morgan fingerprint density at radius 1 is 0.333 bits per heavy atom. The highest BCUT2D eigenvalue weighted by atomic mass is 15.0. The van der Waals surface area contributed by atoms with Crippen LogP contribution in [0.15, 0.2) is 170 Å². The standard InChI is InChI=1S/C46H31N5/c1-30-28-40(32-12-5-2-6-13-32)39-26-24-34-25-27-41(48-42(34)43(39)47-30)33-22-20-31(21-23-33)37-18-11-19-38(29-37)46-50-44(35-14-7-3-8-15-35)49-45(51-46)36-16-9-4-10-17-36/h2-29H,1H3. The number of rotatable bonds is 6. The van der Waals surface area contributed by atoms with Gasteiger partial charge in [-0.15, -0.1) is 0 Å². The van der Waals surface area contributed by atoms with Crippen LogP contribution in [0.2, 0.25) is 0 Å². The third-order valence-electron chi connectivity index (χ3n) is 9.19. The molecule has 5 nitrogen and oxygen atoms in total. The number of hydrogen-bond donors (Lipinski definition) is 0. The molecule has 0 amide bonds. The quantitative estimate of drug-likeness (QED) is 0.167. The normalized spacial score (nSPS) is 11.2. The molecule has 0 N–H and O–H groups in total. The van der Waals surface area contributed by atoms with Crippen LogP contribution in [0.4, 0.5) is 0 Å². The Morgan fingerprint density at radius 2 is 0.863 bits per heavy atom. The molecule has 0 bridgehead atoms. The summed E-state index contributed by atoms with van der Waals surface area (Å²) < 4.78 is 0. The van der Waals surface area contributed by atoms with Gasteiger partial charge in [0, 0.05) is 38.7 Å². The van der Waals surface area contributed by atoms with Gasteiger partial charge in [0.25, 0.3) is 0 Å². The second kappa shape index (κ2) is 12.9. The number of benzene rings is 6. The van der Waals surface area contributed by atoms with Crippen molar-refractivity contribution >= 4 is 21.8 Å². The molecule has 0 aliphatic carbocycles. The number of pyridine rings is 2. The predicted molar refractivity (Wildman–Crippen MR) is 208 cm³/mol. The molecule has 3 aromatic heterocycles. The van der Waals surface area contributed by atoms with Crippen LogP contribution in [0.3, 0.4) is 0 Å². The van der Waals surface area contributed by atoms with Gasteiger partial charge < -0.3 is 0 Å². The number of aryl methyl sites for hydroxylation is 1. The highest BCUT2D eigenvalue weighted by Gasteiger charge is 2.14. The second-order valence-corrected chi connectivity index (χ2v) is 12.6. The summed E-state index contributed by atoms with van der Waals surface area (Å²) in [6, 6.07) is 58.2. The Hall–Kier alpha value is -6.85. The minimum atomic E-state index is 0.632.